The molecule has 0 saturated carbocycles. The predicted octanol–water partition coefficient (Wildman–Crippen LogP) is 1.82. The normalized spacial score (nSPS) is 11.3. The molecule has 2 rings (SSSR count). The molecular formula is C13H13FN2O3S. The van der Waals surface area contributed by atoms with Gasteiger partial charge in [-0.05, 0) is 30.2 Å². The first-order chi connectivity index (χ1) is 9.44. The molecule has 1 aromatic heterocycles. The van der Waals surface area contributed by atoms with Crippen molar-refractivity contribution in [2.75, 3.05) is 4.72 Å². The number of benzene rings is 1. The highest BCUT2D eigenvalue weighted by Crippen LogP contribution is 2.22. The Morgan fingerprint density at radius 3 is 2.75 bits per heavy atom. The molecule has 0 aliphatic carbocycles. The molecule has 20 heavy (non-hydrogen) atoms. The van der Waals surface area contributed by atoms with Gasteiger partial charge in [-0.2, -0.15) is 0 Å². The van der Waals surface area contributed by atoms with Crippen molar-refractivity contribution in [3.8, 4) is 0 Å². The molecule has 2 aromatic rings. The Kier molecular flexibility index (Phi) is 4.01. The van der Waals surface area contributed by atoms with Crippen molar-refractivity contribution in [2.24, 2.45) is 0 Å². The van der Waals surface area contributed by atoms with Gasteiger partial charge < -0.3 is 5.11 Å². The Bertz CT molecular complexity index is 732. The number of hydrogen-bond donors (Lipinski definition) is 2. The second-order valence-corrected chi connectivity index (χ2v) is 5.87. The Labute approximate surface area is 116 Å². The standard InChI is InChI=1S/C13H13FN2O3S/c1-9-2-3-10(8-17)6-13(9)20(18,19)16-12-4-5-15-7-11(12)14/h2-7,17H,8H2,1H3,(H,15,16). The monoisotopic (exact) mass is 296 g/mol. The summed E-state index contributed by atoms with van der Waals surface area (Å²) in [5.41, 5.74) is 0.796. The Hall–Kier alpha value is -1.99. The first-order valence-corrected chi connectivity index (χ1v) is 7.25. The summed E-state index contributed by atoms with van der Waals surface area (Å²) in [6.45, 7) is 1.35. The molecule has 0 radical (unpaired) electrons. The fourth-order valence-electron chi connectivity index (χ4n) is 1.69. The van der Waals surface area contributed by atoms with E-state index < -0.39 is 15.8 Å². The molecule has 0 aliphatic heterocycles. The van der Waals surface area contributed by atoms with Gasteiger partial charge in [-0.3, -0.25) is 9.71 Å². The van der Waals surface area contributed by atoms with Crippen LogP contribution in [0.25, 0.3) is 0 Å². The van der Waals surface area contributed by atoms with E-state index in [1.165, 1.54) is 18.3 Å². The molecule has 0 amide bonds. The summed E-state index contributed by atoms with van der Waals surface area (Å²) in [4.78, 5) is 3.55. The number of aromatic nitrogens is 1. The number of pyridine rings is 1. The number of nitrogens with zero attached hydrogens (tertiary/aromatic N) is 1. The molecule has 1 aromatic carbocycles. The number of sulfonamides is 1. The van der Waals surface area contributed by atoms with E-state index in [0.717, 1.165) is 6.20 Å². The zero-order valence-corrected chi connectivity index (χ0v) is 11.5. The first-order valence-electron chi connectivity index (χ1n) is 5.77. The summed E-state index contributed by atoms with van der Waals surface area (Å²) in [5, 5.41) is 9.07. The third-order valence-corrected chi connectivity index (χ3v) is 4.25. The maximum Gasteiger partial charge on any atom is 0.262 e. The number of hydrogen-bond acceptors (Lipinski definition) is 4. The fourth-order valence-corrected chi connectivity index (χ4v) is 3.05. The molecule has 1 heterocycles. The van der Waals surface area contributed by atoms with Crippen LogP contribution in [0, 0.1) is 12.7 Å². The van der Waals surface area contributed by atoms with Crippen LogP contribution in [0.3, 0.4) is 0 Å². The van der Waals surface area contributed by atoms with Crippen LogP contribution >= 0.6 is 0 Å². The number of aliphatic hydroxyl groups is 1. The molecular weight excluding hydrogens is 283 g/mol. The van der Waals surface area contributed by atoms with Crippen LogP contribution in [0.2, 0.25) is 0 Å². The summed E-state index contributed by atoms with van der Waals surface area (Å²) in [7, 11) is -3.93. The van der Waals surface area contributed by atoms with E-state index >= 15 is 0 Å². The Morgan fingerprint density at radius 2 is 2.10 bits per heavy atom. The molecule has 5 nitrogen and oxygen atoms in total. The van der Waals surface area contributed by atoms with Gasteiger partial charge in [0.2, 0.25) is 0 Å². The average Bonchev–Trinajstić information content (AvgIpc) is 2.41. The van der Waals surface area contributed by atoms with E-state index in [4.69, 9.17) is 5.11 Å². The number of nitrogens with one attached hydrogen (secondary N) is 1. The van der Waals surface area contributed by atoms with Gasteiger partial charge in [0, 0.05) is 6.20 Å². The van der Waals surface area contributed by atoms with Crippen LogP contribution in [0.15, 0.2) is 41.6 Å². The molecule has 106 valence electrons. The van der Waals surface area contributed by atoms with Crippen LogP contribution in [0.1, 0.15) is 11.1 Å². The third-order valence-electron chi connectivity index (χ3n) is 2.74. The van der Waals surface area contributed by atoms with E-state index in [-0.39, 0.29) is 17.2 Å². The van der Waals surface area contributed by atoms with Crippen molar-refractivity contribution in [3.63, 3.8) is 0 Å². The minimum absolute atomic E-state index is 0.000243. The van der Waals surface area contributed by atoms with Crippen LogP contribution in [0.5, 0.6) is 0 Å². The Morgan fingerprint density at radius 1 is 1.35 bits per heavy atom. The van der Waals surface area contributed by atoms with Gasteiger partial charge in [0.05, 0.1) is 23.4 Å². The van der Waals surface area contributed by atoms with Crippen molar-refractivity contribution < 1.29 is 17.9 Å². The van der Waals surface area contributed by atoms with E-state index in [2.05, 4.69) is 9.71 Å². The highest BCUT2D eigenvalue weighted by molar-refractivity contribution is 7.92. The lowest BCUT2D eigenvalue weighted by Gasteiger charge is -2.11. The molecule has 0 atom stereocenters. The lowest BCUT2D eigenvalue weighted by atomic mass is 10.2. The van der Waals surface area contributed by atoms with E-state index in [0.29, 0.717) is 11.1 Å². The quantitative estimate of drug-likeness (QED) is 0.902. The molecule has 0 fully saturated rings. The highest BCUT2D eigenvalue weighted by atomic mass is 32.2. The number of anilines is 1. The minimum Gasteiger partial charge on any atom is -0.392 e. The molecule has 2 N–H and O–H groups in total. The highest BCUT2D eigenvalue weighted by Gasteiger charge is 2.19. The van der Waals surface area contributed by atoms with Crippen LogP contribution < -0.4 is 4.72 Å². The van der Waals surface area contributed by atoms with Crippen molar-refractivity contribution in [1.82, 2.24) is 4.98 Å². The summed E-state index contributed by atoms with van der Waals surface area (Å²) < 4.78 is 40.1. The van der Waals surface area contributed by atoms with Crippen LogP contribution in [0.4, 0.5) is 10.1 Å². The maximum absolute atomic E-state index is 13.5. The largest absolute Gasteiger partial charge is 0.392 e. The van der Waals surface area contributed by atoms with E-state index in [1.54, 1.807) is 19.1 Å². The second kappa shape index (κ2) is 5.56. The van der Waals surface area contributed by atoms with E-state index in [9.17, 15) is 12.8 Å². The van der Waals surface area contributed by atoms with Crippen molar-refractivity contribution in [2.45, 2.75) is 18.4 Å². The molecule has 0 aliphatic rings. The van der Waals surface area contributed by atoms with Gasteiger partial charge in [0.1, 0.15) is 0 Å². The minimum atomic E-state index is -3.93. The summed E-state index contributed by atoms with van der Waals surface area (Å²) in [6.07, 6.45) is 2.22. The summed E-state index contributed by atoms with van der Waals surface area (Å²) >= 11 is 0. The summed E-state index contributed by atoms with van der Waals surface area (Å²) in [5.74, 6) is -0.757. The summed E-state index contributed by atoms with van der Waals surface area (Å²) in [6, 6.07) is 5.80. The van der Waals surface area contributed by atoms with Crippen molar-refractivity contribution in [3.05, 3.63) is 53.6 Å². The average molecular weight is 296 g/mol. The van der Waals surface area contributed by atoms with Crippen LogP contribution in [-0.4, -0.2) is 18.5 Å². The topological polar surface area (TPSA) is 79.3 Å². The number of aliphatic hydroxyl groups excluding tert-OH is 1. The van der Waals surface area contributed by atoms with Gasteiger partial charge in [-0.15, -0.1) is 0 Å². The second-order valence-electron chi connectivity index (χ2n) is 4.22. The van der Waals surface area contributed by atoms with Gasteiger partial charge in [-0.1, -0.05) is 12.1 Å². The molecule has 0 unspecified atom stereocenters. The zero-order chi connectivity index (χ0) is 14.8. The molecule has 0 bridgehead atoms. The van der Waals surface area contributed by atoms with Crippen molar-refractivity contribution >= 4 is 15.7 Å². The third kappa shape index (κ3) is 2.94. The fraction of sp³-hybridized carbons (Fsp3) is 0.154. The van der Waals surface area contributed by atoms with Crippen molar-refractivity contribution in [1.29, 1.82) is 0 Å². The number of halogens is 1. The molecule has 0 saturated heterocycles. The smallest absolute Gasteiger partial charge is 0.262 e. The first kappa shape index (κ1) is 14.4. The molecule has 0 spiro atoms. The lowest BCUT2D eigenvalue weighted by Crippen LogP contribution is -2.15. The lowest BCUT2D eigenvalue weighted by molar-refractivity contribution is 0.281. The SMILES string of the molecule is Cc1ccc(CO)cc1S(=O)(=O)Nc1ccncc1F. The number of aryl methyl sites for hydroxylation is 1. The van der Waals surface area contributed by atoms with Crippen LogP contribution in [-0.2, 0) is 16.6 Å². The van der Waals surface area contributed by atoms with Gasteiger partial charge >= 0.3 is 0 Å². The zero-order valence-electron chi connectivity index (χ0n) is 10.7. The predicted molar refractivity (Wildman–Crippen MR) is 72.1 cm³/mol. The van der Waals surface area contributed by atoms with Gasteiger partial charge in [-0.25, -0.2) is 12.8 Å². The van der Waals surface area contributed by atoms with E-state index in [1.807, 2.05) is 0 Å². The maximum atomic E-state index is 13.5. The van der Waals surface area contributed by atoms with Gasteiger partial charge in [0.25, 0.3) is 10.0 Å². The number of rotatable bonds is 4. The molecule has 7 heteroatoms. The van der Waals surface area contributed by atoms with Gasteiger partial charge in [0.15, 0.2) is 5.82 Å². The Balaban J connectivity index is 2.43.